The fraction of sp³-hybridized carbons (Fsp3) is 0.111. The molecule has 0 radical (unpaired) electrons. The fourth-order valence-corrected chi connectivity index (χ4v) is 1.06. The van der Waals surface area contributed by atoms with Crippen LogP contribution in [-0.4, -0.2) is 9.97 Å². The molecule has 2 rings (SSSR count). The topological polar surface area (TPSA) is 64.9 Å². The molecule has 0 atom stereocenters. The number of aromatic nitrogens is 2. The van der Waals surface area contributed by atoms with Crippen LogP contribution >= 0.6 is 0 Å². The van der Waals surface area contributed by atoms with E-state index in [2.05, 4.69) is 9.97 Å². The van der Waals surface area contributed by atoms with Gasteiger partial charge >= 0.3 is 0 Å². The van der Waals surface area contributed by atoms with E-state index in [1.807, 2.05) is 12.1 Å². The van der Waals surface area contributed by atoms with E-state index in [9.17, 15) is 0 Å². The van der Waals surface area contributed by atoms with Crippen molar-refractivity contribution in [2.45, 2.75) is 6.54 Å². The summed E-state index contributed by atoms with van der Waals surface area (Å²) >= 11 is 0. The Bertz CT molecular complexity index is 383. The van der Waals surface area contributed by atoms with Crippen LogP contribution < -0.4 is 5.73 Å². The van der Waals surface area contributed by atoms with Crippen molar-refractivity contribution in [3.8, 4) is 11.3 Å². The van der Waals surface area contributed by atoms with Crippen LogP contribution in [-0.2, 0) is 6.54 Å². The first-order valence-electron chi connectivity index (χ1n) is 3.95. The van der Waals surface area contributed by atoms with Gasteiger partial charge in [-0.15, -0.1) is 0 Å². The minimum Gasteiger partial charge on any atom is -0.447 e. The zero-order valence-corrected chi connectivity index (χ0v) is 6.97. The summed E-state index contributed by atoms with van der Waals surface area (Å²) in [5.74, 6) is 0.548. The summed E-state index contributed by atoms with van der Waals surface area (Å²) in [7, 11) is 0. The van der Waals surface area contributed by atoms with Crippen molar-refractivity contribution in [1.82, 2.24) is 9.97 Å². The summed E-state index contributed by atoms with van der Waals surface area (Å²) in [5.41, 5.74) is 7.15. The van der Waals surface area contributed by atoms with Gasteiger partial charge in [0.05, 0.1) is 6.54 Å². The molecule has 0 aromatic carbocycles. The van der Waals surface area contributed by atoms with Crippen LogP contribution in [0, 0.1) is 0 Å². The van der Waals surface area contributed by atoms with Crippen molar-refractivity contribution < 1.29 is 4.42 Å². The van der Waals surface area contributed by atoms with E-state index in [1.165, 1.54) is 0 Å². The van der Waals surface area contributed by atoms with Gasteiger partial charge in [0.25, 0.3) is 0 Å². The van der Waals surface area contributed by atoms with Crippen molar-refractivity contribution >= 4 is 0 Å². The van der Waals surface area contributed by atoms with E-state index in [-0.39, 0.29) is 0 Å². The van der Waals surface area contributed by atoms with Gasteiger partial charge in [-0.2, -0.15) is 0 Å². The van der Waals surface area contributed by atoms with Gasteiger partial charge in [-0.1, -0.05) is 0 Å². The lowest BCUT2D eigenvalue weighted by molar-refractivity contribution is 0.498. The summed E-state index contributed by atoms with van der Waals surface area (Å²) in [6, 6.07) is 3.75. The Morgan fingerprint density at radius 1 is 1.31 bits per heavy atom. The Kier molecular flexibility index (Phi) is 2.06. The third kappa shape index (κ3) is 1.57. The highest BCUT2D eigenvalue weighted by Crippen LogP contribution is 2.16. The molecule has 0 aliphatic carbocycles. The van der Waals surface area contributed by atoms with Crippen molar-refractivity contribution in [3.05, 3.63) is 36.7 Å². The Morgan fingerprint density at radius 2 is 2.08 bits per heavy atom. The lowest BCUT2D eigenvalue weighted by Gasteiger charge is -1.91. The second-order valence-electron chi connectivity index (χ2n) is 2.57. The van der Waals surface area contributed by atoms with Crippen molar-refractivity contribution in [1.29, 1.82) is 0 Å². The molecular formula is C9H9N3O. The predicted molar refractivity (Wildman–Crippen MR) is 47.6 cm³/mol. The largest absolute Gasteiger partial charge is 0.447 e. The zero-order valence-electron chi connectivity index (χ0n) is 6.97. The maximum atomic E-state index is 5.37. The van der Waals surface area contributed by atoms with Crippen LogP contribution in [0.2, 0.25) is 0 Å². The van der Waals surface area contributed by atoms with E-state index in [0.717, 1.165) is 11.3 Å². The molecule has 2 aromatic heterocycles. The second-order valence-corrected chi connectivity index (χ2v) is 2.57. The van der Waals surface area contributed by atoms with Gasteiger partial charge in [0.2, 0.25) is 5.89 Å². The highest BCUT2D eigenvalue weighted by molar-refractivity contribution is 5.56. The van der Waals surface area contributed by atoms with E-state index in [0.29, 0.717) is 12.4 Å². The third-order valence-electron chi connectivity index (χ3n) is 1.70. The molecule has 2 N–H and O–H groups in total. The van der Waals surface area contributed by atoms with Crippen LogP contribution in [0.25, 0.3) is 11.3 Å². The Hall–Kier alpha value is -1.68. The summed E-state index contributed by atoms with van der Waals surface area (Å²) < 4.78 is 5.11. The van der Waals surface area contributed by atoms with E-state index < -0.39 is 0 Å². The number of pyridine rings is 1. The fourth-order valence-electron chi connectivity index (χ4n) is 1.06. The Labute approximate surface area is 75.4 Å². The van der Waals surface area contributed by atoms with E-state index >= 15 is 0 Å². The number of rotatable bonds is 2. The number of nitrogens with zero attached hydrogens (tertiary/aromatic N) is 2. The molecule has 0 fully saturated rings. The van der Waals surface area contributed by atoms with Crippen LogP contribution in [0.1, 0.15) is 5.89 Å². The molecular weight excluding hydrogens is 166 g/mol. The van der Waals surface area contributed by atoms with Gasteiger partial charge in [-0.25, -0.2) is 4.98 Å². The molecule has 0 unspecified atom stereocenters. The Morgan fingerprint density at radius 3 is 2.69 bits per heavy atom. The average Bonchev–Trinajstić information content (AvgIpc) is 2.67. The third-order valence-corrected chi connectivity index (χ3v) is 1.70. The number of oxazole rings is 1. The van der Waals surface area contributed by atoms with Crippen LogP contribution in [0.4, 0.5) is 0 Å². The van der Waals surface area contributed by atoms with Crippen molar-refractivity contribution in [3.63, 3.8) is 0 Å². The van der Waals surface area contributed by atoms with Gasteiger partial charge < -0.3 is 10.2 Å². The van der Waals surface area contributed by atoms with Crippen molar-refractivity contribution in [2.75, 3.05) is 0 Å². The monoisotopic (exact) mass is 175 g/mol. The number of nitrogens with two attached hydrogens (primary N) is 1. The SMILES string of the molecule is NCc1nc(-c2ccncc2)co1. The second kappa shape index (κ2) is 3.37. The molecule has 4 heteroatoms. The van der Waals surface area contributed by atoms with Crippen LogP contribution in [0.3, 0.4) is 0 Å². The summed E-state index contributed by atoms with van der Waals surface area (Å²) in [6.45, 7) is 0.324. The standard InChI is InChI=1S/C9H9N3O/c10-5-9-12-8(6-13-9)7-1-3-11-4-2-7/h1-4,6H,5,10H2. The maximum Gasteiger partial charge on any atom is 0.208 e. The molecule has 0 bridgehead atoms. The molecule has 0 amide bonds. The lowest BCUT2D eigenvalue weighted by Crippen LogP contribution is -1.95. The summed E-state index contributed by atoms with van der Waals surface area (Å²) in [5, 5.41) is 0. The molecule has 66 valence electrons. The first kappa shape index (κ1) is 7.94. The molecule has 13 heavy (non-hydrogen) atoms. The van der Waals surface area contributed by atoms with Gasteiger partial charge in [-0.3, -0.25) is 4.98 Å². The first-order valence-corrected chi connectivity index (χ1v) is 3.95. The molecule has 2 aromatic rings. The molecule has 2 heterocycles. The maximum absolute atomic E-state index is 5.37. The minimum atomic E-state index is 0.324. The number of hydrogen-bond donors (Lipinski definition) is 1. The van der Waals surface area contributed by atoms with E-state index in [4.69, 9.17) is 10.2 Å². The predicted octanol–water partition coefficient (Wildman–Crippen LogP) is 1.20. The van der Waals surface area contributed by atoms with Crippen LogP contribution in [0.5, 0.6) is 0 Å². The van der Waals surface area contributed by atoms with Gasteiger partial charge in [-0.05, 0) is 12.1 Å². The average molecular weight is 175 g/mol. The normalized spacial score (nSPS) is 10.2. The summed E-state index contributed by atoms with van der Waals surface area (Å²) in [4.78, 5) is 8.09. The van der Waals surface area contributed by atoms with Gasteiger partial charge in [0, 0.05) is 18.0 Å². The number of hydrogen-bond acceptors (Lipinski definition) is 4. The first-order chi connectivity index (χ1) is 6.40. The van der Waals surface area contributed by atoms with Crippen molar-refractivity contribution in [2.24, 2.45) is 5.73 Å². The molecule has 4 nitrogen and oxygen atoms in total. The van der Waals surface area contributed by atoms with E-state index in [1.54, 1.807) is 18.7 Å². The highest BCUT2D eigenvalue weighted by atomic mass is 16.3. The van der Waals surface area contributed by atoms with Gasteiger partial charge in [0.15, 0.2) is 0 Å². The van der Waals surface area contributed by atoms with Crippen LogP contribution in [0.15, 0.2) is 35.2 Å². The lowest BCUT2D eigenvalue weighted by atomic mass is 10.2. The molecule has 0 aliphatic heterocycles. The smallest absolute Gasteiger partial charge is 0.208 e. The molecule has 0 spiro atoms. The summed E-state index contributed by atoms with van der Waals surface area (Å²) in [6.07, 6.45) is 5.02. The molecule has 0 saturated heterocycles. The zero-order chi connectivity index (χ0) is 9.10. The molecule has 0 aliphatic rings. The Balaban J connectivity index is 2.36. The minimum absolute atomic E-state index is 0.324. The van der Waals surface area contributed by atoms with Gasteiger partial charge in [0.1, 0.15) is 12.0 Å². The molecule has 0 saturated carbocycles. The highest BCUT2D eigenvalue weighted by Gasteiger charge is 2.03. The quantitative estimate of drug-likeness (QED) is 0.744.